The molecule has 2 aliphatic rings. The van der Waals surface area contributed by atoms with Crippen LogP contribution in [0.2, 0.25) is 0 Å². The van der Waals surface area contributed by atoms with E-state index in [0.29, 0.717) is 25.0 Å². The summed E-state index contributed by atoms with van der Waals surface area (Å²) in [4.78, 5) is 0. The Hall–Kier alpha value is -0.200. The fourth-order valence-corrected chi connectivity index (χ4v) is 3.38. The summed E-state index contributed by atoms with van der Waals surface area (Å²) in [6.07, 6.45) is 3.62. The van der Waals surface area contributed by atoms with Gasteiger partial charge in [0, 0.05) is 5.92 Å². The quantitative estimate of drug-likeness (QED) is 0.693. The average Bonchev–Trinajstić information content (AvgIpc) is 2.95. The van der Waals surface area contributed by atoms with E-state index in [1.54, 1.807) is 0 Å². The monoisotopic (exact) mass is 286 g/mol. The van der Waals surface area contributed by atoms with Crippen molar-refractivity contribution in [1.82, 2.24) is 0 Å². The zero-order chi connectivity index (χ0) is 14.5. The van der Waals surface area contributed by atoms with Gasteiger partial charge in [0.05, 0.1) is 25.4 Å². The lowest BCUT2D eigenvalue weighted by molar-refractivity contribution is -0.0656. The summed E-state index contributed by atoms with van der Waals surface area (Å²) in [5.74, 6) is 1.12. The van der Waals surface area contributed by atoms with Crippen LogP contribution in [0.1, 0.15) is 33.1 Å². The van der Waals surface area contributed by atoms with Crippen LogP contribution < -0.4 is 11.5 Å². The Kier molecular flexibility index (Phi) is 6.23. The molecule has 0 saturated carbocycles. The zero-order valence-electron chi connectivity index (χ0n) is 12.8. The van der Waals surface area contributed by atoms with Gasteiger partial charge in [-0.15, -0.1) is 0 Å². The highest BCUT2D eigenvalue weighted by Crippen LogP contribution is 2.36. The molecule has 0 bridgehead atoms. The fourth-order valence-electron chi connectivity index (χ4n) is 3.38. The van der Waals surface area contributed by atoms with Gasteiger partial charge in [-0.1, -0.05) is 6.92 Å². The van der Waals surface area contributed by atoms with Gasteiger partial charge in [-0.05, 0) is 45.2 Å². The molecular weight excluding hydrogens is 256 g/mol. The summed E-state index contributed by atoms with van der Waals surface area (Å²) in [6, 6.07) is 0. The molecule has 6 atom stereocenters. The first kappa shape index (κ1) is 16.2. The van der Waals surface area contributed by atoms with Crippen molar-refractivity contribution < 1.29 is 14.2 Å². The van der Waals surface area contributed by atoms with Crippen LogP contribution in [0, 0.1) is 11.8 Å². The van der Waals surface area contributed by atoms with Crippen molar-refractivity contribution in [3.8, 4) is 0 Å². The molecule has 0 aromatic carbocycles. The molecule has 0 aromatic heterocycles. The molecule has 2 aliphatic heterocycles. The van der Waals surface area contributed by atoms with Crippen LogP contribution in [0.5, 0.6) is 0 Å². The van der Waals surface area contributed by atoms with Gasteiger partial charge < -0.3 is 25.7 Å². The van der Waals surface area contributed by atoms with Crippen molar-refractivity contribution in [2.24, 2.45) is 23.3 Å². The molecule has 4 N–H and O–H groups in total. The minimum absolute atomic E-state index is 0.0661. The number of nitrogens with two attached hydrogens (primary N) is 2. The van der Waals surface area contributed by atoms with Gasteiger partial charge in [-0.3, -0.25) is 0 Å². The van der Waals surface area contributed by atoms with Crippen molar-refractivity contribution >= 4 is 0 Å². The van der Waals surface area contributed by atoms with Crippen molar-refractivity contribution in [2.75, 3.05) is 26.3 Å². The predicted molar refractivity (Wildman–Crippen MR) is 78.4 cm³/mol. The van der Waals surface area contributed by atoms with Gasteiger partial charge in [0.15, 0.2) is 0 Å². The molecule has 0 aromatic rings. The molecule has 2 heterocycles. The van der Waals surface area contributed by atoms with Crippen molar-refractivity contribution in [2.45, 2.75) is 57.5 Å². The summed E-state index contributed by atoms with van der Waals surface area (Å²) in [7, 11) is 0. The van der Waals surface area contributed by atoms with Gasteiger partial charge in [-0.2, -0.15) is 0 Å². The van der Waals surface area contributed by atoms with Crippen LogP contribution in [-0.4, -0.2) is 50.7 Å². The van der Waals surface area contributed by atoms with Gasteiger partial charge in [0.1, 0.15) is 12.2 Å². The maximum Gasteiger partial charge on any atom is 0.112 e. The molecule has 2 rings (SSSR count). The first-order valence-corrected chi connectivity index (χ1v) is 7.94. The number of hydrogen-bond acceptors (Lipinski definition) is 5. The van der Waals surface area contributed by atoms with Gasteiger partial charge >= 0.3 is 0 Å². The molecule has 5 heteroatoms. The number of hydrogen-bond donors (Lipinski definition) is 2. The van der Waals surface area contributed by atoms with Crippen LogP contribution in [0.25, 0.3) is 0 Å². The highest BCUT2D eigenvalue weighted by Gasteiger charge is 2.48. The molecule has 20 heavy (non-hydrogen) atoms. The van der Waals surface area contributed by atoms with Crippen LogP contribution in [0.4, 0.5) is 0 Å². The van der Waals surface area contributed by atoms with E-state index in [4.69, 9.17) is 25.7 Å². The largest absolute Gasteiger partial charge is 0.372 e. The van der Waals surface area contributed by atoms with E-state index in [2.05, 4.69) is 13.8 Å². The second-order valence-electron chi connectivity index (χ2n) is 6.34. The van der Waals surface area contributed by atoms with E-state index in [-0.39, 0.29) is 24.4 Å². The van der Waals surface area contributed by atoms with Gasteiger partial charge in [0.2, 0.25) is 0 Å². The molecule has 0 spiro atoms. The Morgan fingerprint density at radius 1 is 1.05 bits per heavy atom. The standard InChI is InChI=1S/C15H30N2O3/c1-10(3-5-16)7-12-8-18-15-13(9-19-14(12)15)20-11(2)4-6-17/h10-15H,3-9,16-17H2,1-2H3/t10?,11?,12-,13-,14?,15?/m0/s1. The third kappa shape index (κ3) is 3.92. The highest BCUT2D eigenvalue weighted by atomic mass is 16.6. The zero-order valence-corrected chi connectivity index (χ0v) is 12.8. The smallest absolute Gasteiger partial charge is 0.112 e. The molecule has 2 fully saturated rings. The number of fused-ring (bicyclic) bond motifs is 1. The van der Waals surface area contributed by atoms with E-state index in [9.17, 15) is 0 Å². The second kappa shape index (κ2) is 7.71. The minimum Gasteiger partial charge on any atom is -0.372 e. The Morgan fingerprint density at radius 3 is 2.45 bits per heavy atom. The average molecular weight is 286 g/mol. The lowest BCUT2D eigenvalue weighted by Gasteiger charge is -2.21. The lowest BCUT2D eigenvalue weighted by Crippen LogP contribution is -2.34. The van der Waals surface area contributed by atoms with Crippen LogP contribution in [0.15, 0.2) is 0 Å². The van der Waals surface area contributed by atoms with Crippen molar-refractivity contribution in [3.63, 3.8) is 0 Å². The van der Waals surface area contributed by atoms with Gasteiger partial charge in [0.25, 0.3) is 0 Å². The second-order valence-corrected chi connectivity index (χ2v) is 6.34. The molecular formula is C15H30N2O3. The Morgan fingerprint density at radius 2 is 1.75 bits per heavy atom. The summed E-state index contributed by atoms with van der Waals surface area (Å²) < 4.78 is 17.9. The van der Waals surface area contributed by atoms with E-state index in [1.807, 2.05) is 0 Å². The predicted octanol–water partition coefficient (Wildman–Crippen LogP) is 0.898. The molecule has 5 nitrogen and oxygen atoms in total. The summed E-state index contributed by atoms with van der Waals surface area (Å²) in [5, 5.41) is 0. The molecule has 2 saturated heterocycles. The fraction of sp³-hybridized carbons (Fsp3) is 1.00. The van der Waals surface area contributed by atoms with Crippen molar-refractivity contribution in [1.29, 1.82) is 0 Å². The van der Waals surface area contributed by atoms with E-state index in [1.165, 1.54) is 0 Å². The van der Waals surface area contributed by atoms with E-state index >= 15 is 0 Å². The number of ether oxygens (including phenoxy) is 3. The Balaban J connectivity index is 1.81. The van der Waals surface area contributed by atoms with Crippen LogP contribution in [-0.2, 0) is 14.2 Å². The van der Waals surface area contributed by atoms with Crippen LogP contribution in [0.3, 0.4) is 0 Å². The SMILES string of the molecule is CC(CCN)C[C@H]1COC2C1OC[C@@H]2OC(C)CCN. The van der Waals surface area contributed by atoms with Gasteiger partial charge in [-0.25, -0.2) is 0 Å². The molecule has 0 radical (unpaired) electrons. The lowest BCUT2D eigenvalue weighted by atomic mass is 9.89. The maximum absolute atomic E-state index is 6.02. The third-order valence-corrected chi connectivity index (χ3v) is 4.46. The Bertz CT molecular complexity index is 262. The third-order valence-electron chi connectivity index (χ3n) is 4.46. The molecule has 0 aliphatic carbocycles. The first-order chi connectivity index (χ1) is 9.65. The maximum atomic E-state index is 6.02. The summed E-state index contributed by atoms with van der Waals surface area (Å²) in [6.45, 7) is 7.17. The summed E-state index contributed by atoms with van der Waals surface area (Å²) in [5.41, 5.74) is 11.2. The van der Waals surface area contributed by atoms with Crippen LogP contribution >= 0.6 is 0 Å². The minimum atomic E-state index is 0.0661. The van der Waals surface area contributed by atoms with E-state index in [0.717, 1.165) is 32.4 Å². The normalized spacial score (nSPS) is 36.0. The molecule has 0 amide bonds. The molecule has 118 valence electrons. The topological polar surface area (TPSA) is 79.7 Å². The summed E-state index contributed by atoms with van der Waals surface area (Å²) >= 11 is 0. The van der Waals surface area contributed by atoms with Crippen molar-refractivity contribution in [3.05, 3.63) is 0 Å². The van der Waals surface area contributed by atoms with E-state index < -0.39 is 0 Å². The number of rotatable bonds is 8. The first-order valence-electron chi connectivity index (χ1n) is 7.94. The highest BCUT2D eigenvalue weighted by molar-refractivity contribution is 4.95. The Labute approximate surface area is 122 Å². The molecule has 4 unspecified atom stereocenters.